The number of benzene rings is 2. The molecule has 1 N–H and O–H groups in total. The molecule has 0 amide bonds. The molecule has 0 atom stereocenters. The van der Waals surface area contributed by atoms with Crippen molar-refractivity contribution in [3.05, 3.63) is 40.8 Å². The fourth-order valence-corrected chi connectivity index (χ4v) is 1.70. The van der Waals surface area contributed by atoms with Crippen LogP contribution in [-0.2, 0) is 16.4 Å². The Balaban J connectivity index is 2.62. The van der Waals surface area contributed by atoms with Crippen LogP contribution in [0.4, 0.5) is 5.69 Å². The van der Waals surface area contributed by atoms with Gasteiger partial charge in [0.15, 0.2) is 11.4 Å². The molecule has 88 valence electrons. The van der Waals surface area contributed by atoms with E-state index >= 15 is 0 Å². The quantitative estimate of drug-likeness (QED) is 0.500. The van der Waals surface area contributed by atoms with Gasteiger partial charge in [0.2, 0.25) is 0 Å². The topological polar surface area (TPSA) is 68.1 Å². The van der Waals surface area contributed by atoms with Gasteiger partial charge in [0.25, 0.3) is 0 Å². The van der Waals surface area contributed by atoms with E-state index in [9.17, 15) is 10.0 Å². The van der Waals surface area contributed by atoms with E-state index in [1.165, 1.54) is 7.11 Å². The molecule has 17 heavy (non-hydrogen) atoms. The first-order valence-corrected chi connectivity index (χ1v) is 5.00. The number of hydrogen-bond acceptors (Lipinski definition) is 5. The minimum absolute atomic E-state index is 0.0257. The average Bonchev–Trinajstić information content (AvgIpc) is 2.36. The van der Waals surface area contributed by atoms with Crippen molar-refractivity contribution in [3.63, 3.8) is 0 Å². The van der Waals surface area contributed by atoms with Crippen LogP contribution in [0.1, 0.15) is 5.56 Å². The summed E-state index contributed by atoms with van der Waals surface area (Å²) in [5, 5.41) is 14.2. The highest BCUT2D eigenvalue weighted by atomic mass is 17.2. The van der Waals surface area contributed by atoms with Crippen molar-refractivity contribution >= 4 is 16.5 Å². The normalized spacial score (nSPS) is 10.6. The Morgan fingerprint density at radius 2 is 2.12 bits per heavy atom. The lowest BCUT2D eigenvalue weighted by atomic mass is 10.0. The van der Waals surface area contributed by atoms with E-state index in [1.54, 1.807) is 18.2 Å². The minimum Gasteiger partial charge on any atom is -0.505 e. The number of aromatic hydroxyl groups is 1. The second-order valence-corrected chi connectivity index (χ2v) is 3.47. The first-order valence-electron chi connectivity index (χ1n) is 5.00. The molecule has 5 heteroatoms. The van der Waals surface area contributed by atoms with Crippen molar-refractivity contribution in [3.8, 4) is 5.75 Å². The molecule has 0 saturated carbocycles. The van der Waals surface area contributed by atoms with Crippen LogP contribution in [0.15, 0.2) is 35.5 Å². The van der Waals surface area contributed by atoms with Crippen molar-refractivity contribution in [1.29, 1.82) is 0 Å². The van der Waals surface area contributed by atoms with Gasteiger partial charge >= 0.3 is 0 Å². The molecule has 0 aliphatic rings. The van der Waals surface area contributed by atoms with Gasteiger partial charge in [-0.1, -0.05) is 24.3 Å². The van der Waals surface area contributed by atoms with Crippen LogP contribution in [0.25, 0.3) is 10.8 Å². The van der Waals surface area contributed by atoms with Crippen LogP contribution in [0.5, 0.6) is 5.75 Å². The van der Waals surface area contributed by atoms with E-state index in [-0.39, 0.29) is 18.0 Å². The SMILES string of the molecule is COOCc1cc2ccccc2c(N=O)c1O. The van der Waals surface area contributed by atoms with Crippen LogP contribution < -0.4 is 0 Å². The molecule has 0 saturated heterocycles. The van der Waals surface area contributed by atoms with Crippen molar-refractivity contribution in [2.45, 2.75) is 6.61 Å². The number of rotatable bonds is 4. The van der Waals surface area contributed by atoms with Crippen LogP contribution in [-0.4, -0.2) is 12.2 Å². The van der Waals surface area contributed by atoms with Crippen molar-refractivity contribution < 1.29 is 14.9 Å². The predicted octanol–water partition coefficient (Wildman–Crippen LogP) is 3.02. The van der Waals surface area contributed by atoms with Crippen LogP contribution in [0.2, 0.25) is 0 Å². The summed E-state index contributed by atoms with van der Waals surface area (Å²) in [6.07, 6.45) is 0. The molecule has 2 aromatic rings. The molecule has 0 aliphatic heterocycles. The van der Waals surface area contributed by atoms with Gasteiger partial charge in [-0.2, -0.15) is 0 Å². The standard InChI is InChI=1S/C12H11NO4/c1-16-17-7-9-6-8-4-2-3-5-10(8)11(13-15)12(9)14/h2-6,14H,7H2,1H3. The van der Waals surface area contributed by atoms with Gasteiger partial charge < -0.3 is 5.11 Å². The number of fused-ring (bicyclic) bond motifs is 1. The molecular weight excluding hydrogens is 222 g/mol. The van der Waals surface area contributed by atoms with E-state index in [4.69, 9.17) is 4.89 Å². The summed E-state index contributed by atoms with van der Waals surface area (Å²) in [7, 11) is 1.37. The zero-order valence-electron chi connectivity index (χ0n) is 9.21. The van der Waals surface area contributed by atoms with Crippen LogP contribution in [0.3, 0.4) is 0 Å². The van der Waals surface area contributed by atoms with Crippen molar-refractivity contribution in [2.75, 3.05) is 7.11 Å². The Bertz CT molecular complexity index is 553. The summed E-state index contributed by atoms with van der Waals surface area (Å²) in [4.78, 5) is 20.0. The molecule has 0 fully saturated rings. The van der Waals surface area contributed by atoms with Gasteiger partial charge in [-0.3, -0.25) is 0 Å². The highest BCUT2D eigenvalue weighted by molar-refractivity contribution is 5.96. The molecule has 0 aromatic heterocycles. The third kappa shape index (κ3) is 2.11. The highest BCUT2D eigenvalue weighted by Gasteiger charge is 2.13. The molecule has 5 nitrogen and oxygen atoms in total. The van der Waals surface area contributed by atoms with Crippen molar-refractivity contribution in [2.24, 2.45) is 5.18 Å². The Morgan fingerprint density at radius 1 is 1.35 bits per heavy atom. The third-order valence-corrected chi connectivity index (χ3v) is 2.50. The first-order chi connectivity index (χ1) is 8.27. The van der Waals surface area contributed by atoms with E-state index < -0.39 is 0 Å². The van der Waals surface area contributed by atoms with Gasteiger partial charge in [0.1, 0.15) is 6.61 Å². The Labute approximate surface area is 97.5 Å². The van der Waals surface area contributed by atoms with Gasteiger partial charge in [-0.25, -0.2) is 9.78 Å². The Morgan fingerprint density at radius 3 is 2.82 bits per heavy atom. The first kappa shape index (κ1) is 11.5. The summed E-state index contributed by atoms with van der Waals surface area (Å²) < 4.78 is 0. The maximum absolute atomic E-state index is 10.8. The summed E-state index contributed by atoms with van der Waals surface area (Å²) >= 11 is 0. The molecule has 0 heterocycles. The molecular formula is C12H11NO4. The smallest absolute Gasteiger partial charge is 0.157 e. The molecule has 0 radical (unpaired) electrons. The van der Waals surface area contributed by atoms with E-state index in [1.807, 2.05) is 12.1 Å². The zero-order valence-corrected chi connectivity index (χ0v) is 9.21. The average molecular weight is 233 g/mol. The summed E-state index contributed by atoms with van der Waals surface area (Å²) in [6.45, 7) is 0.0513. The molecule has 2 rings (SSSR count). The van der Waals surface area contributed by atoms with E-state index in [0.717, 1.165) is 5.39 Å². The molecule has 0 bridgehead atoms. The van der Waals surface area contributed by atoms with E-state index in [2.05, 4.69) is 10.1 Å². The van der Waals surface area contributed by atoms with Gasteiger partial charge in [-0.05, 0) is 16.6 Å². The lowest BCUT2D eigenvalue weighted by molar-refractivity contribution is -0.282. The molecule has 0 unspecified atom stereocenters. The molecule has 0 aliphatic carbocycles. The van der Waals surface area contributed by atoms with E-state index in [0.29, 0.717) is 10.9 Å². The van der Waals surface area contributed by atoms with Crippen molar-refractivity contribution in [1.82, 2.24) is 0 Å². The maximum atomic E-state index is 10.8. The number of phenols is 1. The molecule has 2 aromatic carbocycles. The second kappa shape index (κ2) is 4.90. The minimum atomic E-state index is -0.171. The zero-order chi connectivity index (χ0) is 12.3. The largest absolute Gasteiger partial charge is 0.505 e. The lowest BCUT2D eigenvalue weighted by Gasteiger charge is -2.08. The lowest BCUT2D eigenvalue weighted by Crippen LogP contribution is -1.92. The Hall–Kier alpha value is -1.98. The number of phenolic OH excluding ortho intramolecular Hbond substituents is 1. The summed E-state index contributed by atoms with van der Waals surface area (Å²) in [6, 6.07) is 8.92. The maximum Gasteiger partial charge on any atom is 0.157 e. The fourth-order valence-electron chi connectivity index (χ4n) is 1.70. The second-order valence-electron chi connectivity index (χ2n) is 3.47. The van der Waals surface area contributed by atoms with Gasteiger partial charge in [-0.15, -0.1) is 4.91 Å². The number of nitroso groups, excluding NO2 is 1. The van der Waals surface area contributed by atoms with Gasteiger partial charge in [0.05, 0.1) is 7.11 Å². The Kier molecular flexibility index (Phi) is 3.32. The molecule has 0 spiro atoms. The number of nitrogens with zero attached hydrogens (tertiary/aromatic N) is 1. The summed E-state index contributed by atoms with van der Waals surface area (Å²) in [5.41, 5.74) is 0.484. The number of hydrogen-bond donors (Lipinski definition) is 1. The third-order valence-electron chi connectivity index (χ3n) is 2.50. The summed E-state index contributed by atoms with van der Waals surface area (Å²) in [5.74, 6) is -0.171. The fraction of sp³-hybridized carbons (Fsp3) is 0.167. The predicted molar refractivity (Wildman–Crippen MR) is 62.9 cm³/mol. The highest BCUT2D eigenvalue weighted by Crippen LogP contribution is 2.38. The monoisotopic (exact) mass is 233 g/mol. The van der Waals surface area contributed by atoms with Crippen LogP contribution >= 0.6 is 0 Å². The van der Waals surface area contributed by atoms with Gasteiger partial charge in [0, 0.05) is 10.9 Å². The van der Waals surface area contributed by atoms with Crippen LogP contribution in [0, 0.1) is 4.91 Å².